The van der Waals surface area contributed by atoms with E-state index in [0.717, 1.165) is 42.5 Å². The van der Waals surface area contributed by atoms with E-state index in [1.165, 1.54) is 0 Å². The van der Waals surface area contributed by atoms with Crippen LogP contribution in [-0.4, -0.2) is 61.5 Å². The fourth-order valence-electron chi connectivity index (χ4n) is 2.90. The lowest BCUT2D eigenvalue weighted by atomic mass is 9.93. The van der Waals surface area contributed by atoms with Gasteiger partial charge < -0.3 is 10.6 Å². The molecule has 0 unspecified atom stereocenters. The number of aromatic nitrogens is 1. The predicted molar refractivity (Wildman–Crippen MR) is 104 cm³/mol. The second-order valence-electron chi connectivity index (χ2n) is 7.74. The Morgan fingerprint density at radius 2 is 2.08 bits per heavy atom. The minimum absolute atomic E-state index is 0.0823. The fraction of sp³-hybridized carbons (Fsp3) is 0.778. The molecule has 0 radical (unpaired) electrons. The van der Waals surface area contributed by atoms with Gasteiger partial charge in [-0.3, -0.25) is 9.89 Å². The van der Waals surface area contributed by atoms with Crippen LogP contribution < -0.4 is 10.6 Å². The van der Waals surface area contributed by atoms with E-state index in [-0.39, 0.29) is 18.0 Å². The van der Waals surface area contributed by atoms with E-state index in [0.29, 0.717) is 13.1 Å². The van der Waals surface area contributed by atoms with Gasteiger partial charge in [0.15, 0.2) is 5.96 Å². The third kappa shape index (κ3) is 6.79. The number of alkyl halides is 2. The SMILES string of the molecule is CN=C(NCCc1nc(C(C)(C)C)cs1)NC1CCN(CC(F)F)CC1. The number of piperidine rings is 1. The first-order valence-corrected chi connectivity index (χ1v) is 10.1. The molecule has 1 saturated heterocycles. The normalized spacial score (nSPS) is 17.7. The zero-order valence-electron chi connectivity index (χ0n) is 16.2. The standard InChI is InChI=1S/C18H31F2N5S/c1-18(2,3)14-12-26-16(24-14)5-8-22-17(21-4)23-13-6-9-25(10-7-13)11-15(19)20/h12-13,15H,5-11H2,1-4H3,(H2,21,22,23). The molecule has 1 aromatic rings. The predicted octanol–water partition coefficient (Wildman–Crippen LogP) is 2.88. The molecule has 0 spiro atoms. The lowest BCUT2D eigenvalue weighted by molar-refractivity contribution is 0.0744. The van der Waals surface area contributed by atoms with E-state index in [2.05, 4.69) is 41.8 Å². The van der Waals surface area contributed by atoms with Gasteiger partial charge in [0.25, 0.3) is 6.43 Å². The maximum Gasteiger partial charge on any atom is 0.251 e. The van der Waals surface area contributed by atoms with Crippen LogP contribution >= 0.6 is 11.3 Å². The molecule has 8 heteroatoms. The summed E-state index contributed by atoms with van der Waals surface area (Å²) in [5.41, 5.74) is 1.22. The average Bonchev–Trinajstić information content (AvgIpc) is 3.04. The monoisotopic (exact) mass is 387 g/mol. The molecule has 26 heavy (non-hydrogen) atoms. The van der Waals surface area contributed by atoms with Crippen molar-refractivity contribution in [3.05, 3.63) is 16.1 Å². The summed E-state index contributed by atoms with van der Waals surface area (Å²) in [6, 6.07) is 0.280. The summed E-state index contributed by atoms with van der Waals surface area (Å²) >= 11 is 1.70. The number of hydrogen-bond acceptors (Lipinski definition) is 4. The maximum atomic E-state index is 12.4. The van der Waals surface area contributed by atoms with Crippen molar-refractivity contribution in [2.75, 3.05) is 33.2 Å². The van der Waals surface area contributed by atoms with Crippen LogP contribution in [-0.2, 0) is 11.8 Å². The number of rotatable bonds is 6. The van der Waals surface area contributed by atoms with Crippen LogP contribution in [0.15, 0.2) is 10.4 Å². The highest BCUT2D eigenvalue weighted by Gasteiger charge is 2.22. The van der Waals surface area contributed by atoms with Gasteiger partial charge in [0, 0.05) is 49.9 Å². The van der Waals surface area contributed by atoms with Crippen molar-refractivity contribution in [2.45, 2.75) is 57.9 Å². The van der Waals surface area contributed by atoms with Crippen LogP contribution in [0.4, 0.5) is 8.78 Å². The van der Waals surface area contributed by atoms with Crippen LogP contribution in [0, 0.1) is 0 Å². The molecular formula is C18H31F2N5S. The summed E-state index contributed by atoms with van der Waals surface area (Å²) in [4.78, 5) is 10.8. The number of likely N-dealkylation sites (tertiary alicyclic amines) is 1. The number of guanidine groups is 1. The molecule has 0 aromatic carbocycles. The van der Waals surface area contributed by atoms with Crippen molar-refractivity contribution in [1.29, 1.82) is 0 Å². The van der Waals surface area contributed by atoms with Crippen molar-refractivity contribution < 1.29 is 8.78 Å². The lowest BCUT2D eigenvalue weighted by Gasteiger charge is -2.32. The van der Waals surface area contributed by atoms with Crippen molar-refractivity contribution in [3.63, 3.8) is 0 Å². The first-order valence-electron chi connectivity index (χ1n) is 9.20. The van der Waals surface area contributed by atoms with Crippen molar-refractivity contribution in [2.24, 2.45) is 4.99 Å². The number of nitrogens with zero attached hydrogens (tertiary/aromatic N) is 3. The van der Waals surface area contributed by atoms with Crippen molar-refractivity contribution in [1.82, 2.24) is 20.5 Å². The Hall–Kier alpha value is -1.28. The number of thiazole rings is 1. The van der Waals surface area contributed by atoms with E-state index in [1.54, 1.807) is 18.4 Å². The third-order valence-electron chi connectivity index (χ3n) is 4.50. The van der Waals surface area contributed by atoms with Gasteiger partial charge in [-0.15, -0.1) is 11.3 Å². The molecule has 5 nitrogen and oxygen atoms in total. The Balaban J connectivity index is 1.71. The van der Waals surface area contributed by atoms with E-state index >= 15 is 0 Å². The molecule has 0 amide bonds. The zero-order chi connectivity index (χ0) is 19.2. The molecule has 0 bridgehead atoms. The summed E-state index contributed by atoms with van der Waals surface area (Å²) in [6.45, 7) is 8.56. The fourth-order valence-corrected chi connectivity index (χ4v) is 3.93. The van der Waals surface area contributed by atoms with Gasteiger partial charge in [0.1, 0.15) is 0 Å². The number of aliphatic imine (C=N–C) groups is 1. The molecule has 1 aromatic heterocycles. The second kappa shape index (κ2) is 9.60. The minimum Gasteiger partial charge on any atom is -0.356 e. The highest BCUT2D eigenvalue weighted by molar-refractivity contribution is 7.09. The largest absolute Gasteiger partial charge is 0.356 e. The van der Waals surface area contributed by atoms with Crippen LogP contribution in [0.1, 0.15) is 44.3 Å². The Morgan fingerprint density at radius 1 is 1.38 bits per heavy atom. The van der Waals surface area contributed by atoms with Gasteiger partial charge in [0.05, 0.1) is 17.2 Å². The van der Waals surface area contributed by atoms with Gasteiger partial charge in [-0.05, 0) is 12.8 Å². The number of halogens is 2. The van der Waals surface area contributed by atoms with Crippen molar-refractivity contribution in [3.8, 4) is 0 Å². The molecule has 2 N–H and O–H groups in total. The van der Waals surface area contributed by atoms with Crippen molar-refractivity contribution >= 4 is 17.3 Å². The summed E-state index contributed by atoms with van der Waals surface area (Å²) in [6.07, 6.45) is 0.316. The van der Waals surface area contributed by atoms with E-state index in [1.807, 2.05) is 4.90 Å². The van der Waals surface area contributed by atoms with Gasteiger partial charge in [-0.25, -0.2) is 13.8 Å². The molecule has 1 aliphatic heterocycles. The summed E-state index contributed by atoms with van der Waals surface area (Å²) in [5.74, 6) is 0.768. The molecule has 0 aliphatic carbocycles. The van der Waals surface area contributed by atoms with Gasteiger partial charge >= 0.3 is 0 Å². The van der Waals surface area contributed by atoms with Gasteiger partial charge in [0.2, 0.25) is 0 Å². The minimum atomic E-state index is -2.25. The first-order chi connectivity index (χ1) is 12.3. The Morgan fingerprint density at radius 3 is 2.62 bits per heavy atom. The number of hydrogen-bond donors (Lipinski definition) is 2. The lowest BCUT2D eigenvalue weighted by Crippen LogP contribution is -2.49. The molecule has 1 fully saturated rings. The first kappa shape index (κ1) is 21.0. The Kier molecular flexibility index (Phi) is 7.76. The van der Waals surface area contributed by atoms with Crippen LogP contribution in [0.5, 0.6) is 0 Å². The number of nitrogens with one attached hydrogen (secondary N) is 2. The highest BCUT2D eigenvalue weighted by Crippen LogP contribution is 2.23. The van der Waals surface area contributed by atoms with Gasteiger partial charge in [-0.2, -0.15) is 0 Å². The van der Waals surface area contributed by atoms with Crippen LogP contribution in [0.25, 0.3) is 0 Å². The quantitative estimate of drug-likeness (QED) is 0.582. The smallest absolute Gasteiger partial charge is 0.251 e. The molecule has 1 aliphatic rings. The zero-order valence-corrected chi connectivity index (χ0v) is 17.0. The van der Waals surface area contributed by atoms with Crippen LogP contribution in [0.2, 0.25) is 0 Å². The summed E-state index contributed by atoms with van der Waals surface area (Å²) in [7, 11) is 1.75. The average molecular weight is 388 g/mol. The van der Waals surface area contributed by atoms with Gasteiger partial charge in [-0.1, -0.05) is 20.8 Å². The molecule has 2 heterocycles. The van der Waals surface area contributed by atoms with Crippen LogP contribution in [0.3, 0.4) is 0 Å². The molecule has 0 atom stereocenters. The maximum absolute atomic E-state index is 12.4. The molecule has 2 rings (SSSR count). The second-order valence-corrected chi connectivity index (χ2v) is 8.68. The topological polar surface area (TPSA) is 52.6 Å². The van der Waals surface area contributed by atoms with E-state index in [4.69, 9.17) is 4.98 Å². The molecular weight excluding hydrogens is 356 g/mol. The van der Waals surface area contributed by atoms with E-state index in [9.17, 15) is 8.78 Å². The Labute approximate surface area is 159 Å². The highest BCUT2D eigenvalue weighted by atomic mass is 32.1. The third-order valence-corrected chi connectivity index (χ3v) is 5.41. The summed E-state index contributed by atoms with van der Waals surface area (Å²) < 4.78 is 24.9. The molecule has 0 saturated carbocycles. The summed E-state index contributed by atoms with van der Waals surface area (Å²) in [5, 5.41) is 9.99. The van der Waals surface area contributed by atoms with E-state index < -0.39 is 6.43 Å². The Bertz CT molecular complexity index is 574. The molecule has 148 valence electrons.